The van der Waals surface area contributed by atoms with Crippen LogP contribution in [0.25, 0.3) is 0 Å². The summed E-state index contributed by atoms with van der Waals surface area (Å²) in [6, 6.07) is 4.83. The van der Waals surface area contributed by atoms with E-state index < -0.39 is 0 Å². The Labute approximate surface area is 110 Å². The van der Waals surface area contributed by atoms with Crippen molar-refractivity contribution in [1.82, 2.24) is 10.2 Å². The molecule has 2 amide bonds. The molecule has 0 spiro atoms. The predicted octanol–water partition coefficient (Wildman–Crippen LogP) is 1.45. The molecule has 92 valence electrons. The molecule has 0 radical (unpaired) electrons. The first kappa shape index (κ1) is 13.9. The summed E-state index contributed by atoms with van der Waals surface area (Å²) in [6.45, 7) is -0.0566. The van der Waals surface area contributed by atoms with E-state index in [0.29, 0.717) is 15.5 Å². The molecule has 0 aliphatic rings. The highest BCUT2D eigenvalue weighted by Gasteiger charge is 2.12. The van der Waals surface area contributed by atoms with Gasteiger partial charge in [-0.3, -0.25) is 9.59 Å². The van der Waals surface area contributed by atoms with E-state index in [1.54, 1.807) is 32.3 Å². The van der Waals surface area contributed by atoms with Crippen LogP contribution in [0, 0.1) is 0 Å². The number of nitrogens with one attached hydrogen (secondary N) is 1. The maximum Gasteiger partial charge on any atom is 0.253 e. The predicted molar refractivity (Wildman–Crippen MR) is 69.7 cm³/mol. The Bertz CT molecular complexity index is 449. The summed E-state index contributed by atoms with van der Waals surface area (Å²) in [7, 11) is 3.24. The number of amides is 2. The van der Waals surface area contributed by atoms with Gasteiger partial charge in [-0.2, -0.15) is 0 Å². The van der Waals surface area contributed by atoms with Crippen LogP contribution in [0.3, 0.4) is 0 Å². The van der Waals surface area contributed by atoms with E-state index >= 15 is 0 Å². The van der Waals surface area contributed by atoms with E-state index in [0.717, 1.165) is 0 Å². The highest BCUT2D eigenvalue weighted by molar-refractivity contribution is 7.80. The molecule has 0 bridgehead atoms. The lowest BCUT2D eigenvalue weighted by Crippen LogP contribution is -2.36. The average Bonchev–Trinajstić information content (AvgIpc) is 2.28. The summed E-state index contributed by atoms with van der Waals surface area (Å²) in [4.78, 5) is 25.1. The van der Waals surface area contributed by atoms with Gasteiger partial charge in [-0.05, 0) is 18.2 Å². The molecule has 1 rings (SSSR count). The molecular weight excluding hydrogens is 260 g/mol. The fraction of sp³-hybridized carbons (Fsp3) is 0.273. The van der Waals surface area contributed by atoms with Gasteiger partial charge in [-0.15, -0.1) is 12.6 Å². The number of nitrogens with zero attached hydrogens (tertiary/aromatic N) is 1. The average molecular weight is 273 g/mol. The first-order valence-electron chi connectivity index (χ1n) is 4.88. The standard InChI is InChI=1S/C11H13ClN2O2S/c1-14(2)10(15)6-13-11(16)8-5-7(17)3-4-9(8)12/h3-5,17H,6H2,1-2H3,(H,13,16). The molecule has 0 saturated carbocycles. The molecule has 0 aromatic heterocycles. The van der Waals surface area contributed by atoms with Crippen LogP contribution in [0.1, 0.15) is 10.4 Å². The fourth-order valence-electron chi connectivity index (χ4n) is 1.10. The van der Waals surface area contributed by atoms with Gasteiger partial charge < -0.3 is 10.2 Å². The van der Waals surface area contributed by atoms with Crippen LogP contribution < -0.4 is 5.32 Å². The van der Waals surface area contributed by atoms with Gasteiger partial charge in [0.15, 0.2) is 0 Å². The smallest absolute Gasteiger partial charge is 0.253 e. The Morgan fingerprint density at radius 2 is 2.06 bits per heavy atom. The second-order valence-corrected chi connectivity index (χ2v) is 4.56. The van der Waals surface area contributed by atoms with Gasteiger partial charge in [0.1, 0.15) is 0 Å². The maximum absolute atomic E-state index is 11.7. The molecule has 0 unspecified atom stereocenters. The number of hydrogen-bond donors (Lipinski definition) is 2. The Morgan fingerprint density at radius 1 is 1.41 bits per heavy atom. The van der Waals surface area contributed by atoms with Gasteiger partial charge in [-0.25, -0.2) is 0 Å². The van der Waals surface area contributed by atoms with E-state index in [1.807, 2.05) is 0 Å². The van der Waals surface area contributed by atoms with Crippen LogP contribution >= 0.6 is 24.2 Å². The monoisotopic (exact) mass is 272 g/mol. The number of hydrogen-bond acceptors (Lipinski definition) is 3. The summed E-state index contributed by atoms with van der Waals surface area (Å²) in [6.07, 6.45) is 0. The lowest BCUT2D eigenvalue weighted by molar-refractivity contribution is -0.127. The molecule has 4 nitrogen and oxygen atoms in total. The van der Waals surface area contributed by atoms with Crippen molar-refractivity contribution in [3.8, 4) is 0 Å². The van der Waals surface area contributed by atoms with Gasteiger partial charge in [0.25, 0.3) is 5.91 Å². The van der Waals surface area contributed by atoms with Crippen molar-refractivity contribution in [2.45, 2.75) is 4.90 Å². The Balaban J connectivity index is 2.70. The summed E-state index contributed by atoms with van der Waals surface area (Å²) in [5, 5.41) is 2.83. The van der Waals surface area contributed by atoms with Crippen LogP contribution in [-0.4, -0.2) is 37.4 Å². The van der Waals surface area contributed by atoms with E-state index in [9.17, 15) is 9.59 Å². The molecular formula is C11H13ClN2O2S. The van der Waals surface area contributed by atoms with E-state index in [4.69, 9.17) is 11.6 Å². The normalized spacial score (nSPS) is 9.88. The van der Waals surface area contributed by atoms with Crippen LogP contribution in [0.2, 0.25) is 5.02 Å². The molecule has 0 saturated heterocycles. The molecule has 0 atom stereocenters. The van der Waals surface area contributed by atoms with Crippen molar-refractivity contribution < 1.29 is 9.59 Å². The van der Waals surface area contributed by atoms with Gasteiger partial charge in [0, 0.05) is 19.0 Å². The lowest BCUT2D eigenvalue weighted by atomic mass is 10.2. The third kappa shape index (κ3) is 3.94. The number of carbonyl (C=O) groups excluding carboxylic acids is 2. The van der Waals surface area contributed by atoms with Crippen molar-refractivity contribution in [1.29, 1.82) is 0 Å². The Hall–Kier alpha value is -1.20. The summed E-state index contributed by atoms with van der Waals surface area (Å²) in [5.41, 5.74) is 0.311. The number of halogens is 1. The Morgan fingerprint density at radius 3 is 2.65 bits per heavy atom. The van der Waals surface area contributed by atoms with Crippen LogP contribution in [0.4, 0.5) is 0 Å². The molecule has 1 aromatic rings. The van der Waals surface area contributed by atoms with E-state index in [1.165, 1.54) is 4.90 Å². The number of benzene rings is 1. The van der Waals surface area contributed by atoms with Crippen molar-refractivity contribution in [3.05, 3.63) is 28.8 Å². The molecule has 1 N–H and O–H groups in total. The third-order valence-electron chi connectivity index (χ3n) is 2.09. The number of likely N-dealkylation sites (N-methyl/N-ethyl adjacent to an activating group) is 1. The molecule has 0 aliphatic carbocycles. The maximum atomic E-state index is 11.7. The Kier molecular flexibility index (Phi) is 4.84. The molecule has 0 aliphatic heterocycles. The SMILES string of the molecule is CN(C)C(=O)CNC(=O)c1cc(S)ccc1Cl. The second kappa shape index (κ2) is 5.93. The lowest BCUT2D eigenvalue weighted by Gasteiger charge is -2.11. The van der Waals surface area contributed by atoms with Crippen molar-refractivity contribution in [2.24, 2.45) is 0 Å². The first-order valence-corrected chi connectivity index (χ1v) is 5.71. The van der Waals surface area contributed by atoms with Crippen LogP contribution in [0.15, 0.2) is 23.1 Å². The van der Waals surface area contributed by atoms with Crippen molar-refractivity contribution >= 4 is 36.0 Å². The number of carbonyl (C=O) groups is 2. The highest BCUT2D eigenvalue weighted by Crippen LogP contribution is 2.19. The minimum absolute atomic E-state index is 0.0566. The quantitative estimate of drug-likeness (QED) is 0.819. The zero-order valence-corrected chi connectivity index (χ0v) is 11.2. The minimum atomic E-state index is -0.388. The molecule has 0 fully saturated rings. The van der Waals surface area contributed by atoms with E-state index in [2.05, 4.69) is 17.9 Å². The van der Waals surface area contributed by atoms with Crippen molar-refractivity contribution in [2.75, 3.05) is 20.6 Å². The fourth-order valence-corrected chi connectivity index (χ4v) is 1.50. The molecule has 6 heteroatoms. The number of thiol groups is 1. The van der Waals surface area contributed by atoms with Crippen LogP contribution in [0.5, 0.6) is 0 Å². The first-order chi connectivity index (χ1) is 7.91. The van der Waals surface area contributed by atoms with Crippen molar-refractivity contribution in [3.63, 3.8) is 0 Å². The van der Waals surface area contributed by atoms with Gasteiger partial charge in [-0.1, -0.05) is 11.6 Å². The zero-order chi connectivity index (χ0) is 13.0. The minimum Gasteiger partial charge on any atom is -0.347 e. The van der Waals surface area contributed by atoms with E-state index in [-0.39, 0.29) is 18.4 Å². The molecule has 1 aromatic carbocycles. The third-order valence-corrected chi connectivity index (χ3v) is 2.70. The largest absolute Gasteiger partial charge is 0.347 e. The van der Waals surface area contributed by atoms with Gasteiger partial charge in [0.05, 0.1) is 17.1 Å². The van der Waals surface area contributed by atoms with Crippen LogP contribution in [-0.2, 0) is 4.79 Å². The summed E-state index contributed by atoms with van der Waals surface area (Å²) >= 11 is 10.0. The molecule has 17 heavy (non-hydrogen) atoms. The topological polar surface area (TPSA) is 49.4 Å². The second-order valence-electron chi connectivity index (χ2n) is 3.63. The van der Waals surface area contributed by atoms with Gasteiger partial charge >= 0.3 is 0 Å². The zero-order valence-electron chi connectivity index (χ0n) is 9.53. The van der Waals surface area contributed by atoms with Gasteiger partial charge in [0.2, 0.25) is 5.91 Å². The summed E-state index contributed by atoms with van der Waals surface area (Å²) in [5.74, 6) is -0.572. The number of rotatable bonds is 3. The summed E-state index contributed by atoms with van der Waals surface area (Å²) < 4.78 is 0. The highest BCUT2D eigenvalue weighted by atomic mass is 35.5. The molecule has 0 heterocycles.